The summed E-state index contributed by atoms with van der Waals surface area (Å²) in [7, 11) is -3.78. The van der Waals surface area contributed by atoms with Gasteiger partial charge in [0.2, 0.25) is 10.0 Å². The normalized spacial score (nSPS) is 18.6. The molecule has 0 radical (unpaired) electrons. The first-order valence-electron chi connectivity index (χ1n) is 9.40. The van der Waals surface area contributed by atoms with Crippen LogP contribution >= 0.6 is 0 Å². The Balaban J connectivity index is 1.82. The number of benzene rings is 1. The first-order valence-corrected chi connectivity index (χ1v) is 10.8. The Labute approximate surface area is 169 Å². The lowest BCUT2D eigenvalue weighted by Crippen LogP contribution is -2.48. The van der Waals surface area contributed by atoms with Crippen molar-refractivity contribution in [2.75, 3.05) is 12.3 Å². The number of sulfonamides is 1. The highest BCUT2D eigenvalue weighted by Crippen LogP contribution is 2.34. The van der Waals surface area contributed by atoms with E-state index in [4.69, 9.17) is 5.73 Å². The smallest absolute Gasteiger partial charge is 0.243 e. The first-order chi connectivity index (χ1) is 13.6. The molecular weight excluding hydrogens is 392 g/mol. The molecule has 0 bridgehead atoms. The van der Waals surface area contributed by atoms with Crippen molar-refractivity contribution in [3.63, 3.8) is 0 Å². The summed E-state index contributed by atoms with van der Waals surface area (Å²) in [6.07, 6.45) is 4.29. The highest BCUT2D eigenvalue weighted by Gasteiger charge is 2.42. The van der Waals surface area contributed by atoms with Crippen LogP contribution in [0.15, 0.2) is 35.6 Å². The van der Waals surface area contributed by atoms with Crippen molar-refractivity contribution >= 4 is 21.5 Å². The molecule has 2 aromatic heterocycles. The number of hydrogen-bond donors (Lipinski definition) is 2. The van der Waals surface area contributed by atoms with Crippen molar-refractivity contribution in [1.82, 2.24) is 23.9 Å². The molecule has 154 valence electrons. The van der Waals surface area contributed by atoms with Crippen LogP contribution in [0.4, 0.5) is 5.82 Å². The molecule has 1 aromatic carbocycles. The summed E-state index contributed by atoms with van der Waals surface area (Å²) in [5, 5.41) is 14.7. The Kier molecular flexibility index (Phi) is 4.60. The third kappa shape index (κ3) is 3.26. The molecule has 0 unspecified atom stereocenters. The van der Waals surface area contributed by atoms with Gasteiger partial charge >= 0.3 is 0 Å². The van der Waals surface area contributed by atoms with Gasteiger partial charge in [-0.05, 0) is 51.3 Å². The number of imidazole rings is 1. The standard InChI is InChI=1S/C19H24N6O3S/c1-12-6-7-13(29(27,28)24-8-4-5-16(24)19(2,3)26)9-14(12)15-10-21-18-17(20)22-11-23-25(15)18/h6-7,9-11,16,26H,4-5,8H2,1-3H3,(H2,20,22,23)/t16-/m0/s1. The molecule has 3 heterocycles. The monoisotopic (exact) mass is 416 g/mol. The highest BCUT2D eigenvalue weighted by molar-refractivity contribution is 7.89. The molecule has 1 atom stereocenters. The van der Waals surface area contributed by atoms with Gasteiger partial charge in [-0.25, -0.2) is 22.9 Å². The zero-order chi connectivity index (χ0) is 21.0. The van der Waals surface area contributed by atoms with E-state index < -0.39 is 21.7 Å². The van der Waals surface area contributed by atoms with Gasteiger partial charge in [-0.3, -0.25) is 0 Å². The predicted molar refractivity (Wildman–Crippen MR) is 109 cm³/mol. The van der Waals surface area contributed by atoms with Crippen LogP contribution in [0.5, 0.6) is 0 Å². The molecule has 4 rings (SSSR count). The van der Waals surface area contributed by atoms with E-state index in [1.54, 1.807) is 42.8 Å². The van der Waals surface area contributed by atoms with Gasteiger partial charge in [0.05, 0.1) is 28.4 Å². The van der Waals surface area contributed by atoms with Crippen LogP contribution in [0.1, 0.15) is 32.3 Å². The third-order valence-corrected chi connectivity index (χ3v) is 7.35. The third-order valence-electron chi connectivity index (χ3n) is 5.44. The Bertz CT molecular complexity index is 1180. The number of nitrogens with two attached hydrogens (primary N) is 1. The quantitative estimate of drug-likeness (QED) is 0.661. The van der Waals surface area contributed by atoms with Crippen molar-refractivity contribution in [1.29, 1.82) is 0 Å². The molecule has 10 heteroatoms. The van der Waals surface area contributed by atoms with Gasteiger partial charge in [0.15, 0.2) is 11.5 Å². The van der Waals surface area contributed by atoms with Gasteiger partial charge in [-0.2, -0.15) is 9.40 Å². The van der Waals surface area contributed by atoms with E-state index >= 15 is 0 Å². The van der Waals surface area contributed by atoms with Crippen LogP contribution in [-0.2, 0) is 10.0 Å². The van der Waals surface area contributed by atoms with E-state index in [0.717, 1.165) is 12.0 Å². The number of anilines is 1. The van der Waals surface area contributed by atoms with E-state index in [1.807, 2.05) is 6.92 Å². The maximum absolute atomic E-state index is 13.4. The minimum atomic E-state index is -3.78. The summed E-state index contributed by atoms with van der Waals surface area (Å²) >= 11 is 0. The Morgan fingerprint density at radius 2 is 2.03 bits per heavy atom. The number of aliphatic hydroxyl groups is 1. The number of rotatable bonds is 4. The van der Waals surface area contributed by atoms with Crippen LogP contribution in [0, 0.1) is 6.92 Å². The zero-order valence-corrected chi connectivity index (χ0v) is 17.4. The number of hydrogen-bond acceptors (Lipinski definition) is 7. The topological polar surface area (TPSA) is 127 Å². The molecule has 1 saturated heterocycles. The van der Waals surface area contributed by atoms with Gasteiger partial charge in [0.25, 0.3) is 0 Å². The second-order valence-corrected chi connectivity index (χ2v) is 9.82. The van der Waals surface area contributed by atoms with Crippen LogP contribution in [-0.4, -0.2) is 55.6 Å². The molecule has 1 aliphatic heterocycles. The summed E-state index contributed by atoms with van der Waals surface area (Å²) in [6.45, 7) is 5.58. The van der Waals surface area contributed by atoms with Crippen molar-refractivity contribution in [2.24, 2.45) is 0 Å². The summed E-state index contributed by atoms with van der Waals surface area (Å²) in [5.41, 5.74) is 7.36. The molecule has 3 aromatic rings. The van der Waals surface area contributed by atoms with E-state index in [2.05, 4.69) is 15.1 Å². The number of fused-ring (bicyclic) bond motifs is 1. The van der Waals surface area contributed by atoms with Crippen LogP contribution in [0.25, 0.3) is 16.9 Å². The molecule has 29 heavy (non-hydrogen) atoms. The average molecular weight is 417 g/mol. The van der Waals surface area contributed by atoms with Gasteiger partial charge in [-0.1, -0.05) is 6.07 Å². The van der Waals surface area contributed by atoms with Crippen molar-refractivity contribution in [2.45, 2.75) is 50.2 Å². The molecule has 1 aliphatic rings. The average Bonchev–Trinajstić information content (AvgIpc) is 3.30. The number of nitrogen functional groups attached to an aromatic ring is 1. The Morgan fingerprint density at radius 3 is 2.76 bits per heavy atom. The number of aryl methyl sites for hydroxylation is 1. The van der Waals surface area contributed by atoms with Crippen LogP contribution in [0.3, 0.4) is 0 Å². The largest absolute Gasteiger partial charge is 0.389 e. The molecule has 0 amide bonds. The molecule has 3 N–H and O–H groups in total. The fourth-order valence-corrected chi connectivity index (χ4v) is 5.77. The molecule has 0 aliphatic carbocycles. The van der Waals surface area contributed by atoms with Crippen LogP contribution < -0.4 is 5.73 Å². The summed E-state index contributed by atoms with van der Waals surface area (Å²) in [4.78, 5) is 8.38. The Morgan fingerprint density at radius 1 is 1.28 bits per heavy atom. The lowest BCUT2D eigenvalue weighted by Gasteiger charge is -2.33. The zero-order valence-electron chi connectivity index (χ0n) is 16.6. The molecule has 0 saturated carbocycles. The van der Waals surface area contributed by atoms with E-state index in [0.29, 0.717) is 29.9 Å². The second kappa shape index (κ2) is 6.75. The summed E-state index contributed by atoms with van der Waals surface area (Å²) in [6, 6.07) is 4.54. The van der Waals surface area contributed by atoms with Gasteiger partial charge in [-0.15, -0.1) is 0 Å². The highest BCUT2D eigenvalue weighted by atomic mass is 32.2. The number of aromatic nitrogens is 4. The molecule has 9 nitrogen and oxygen atoms in total. The van der Waals surface area contributed by atoms with Crippen molar-refractivity contribution in [3.8, 4) is 11.3 Å². The van der Waals surface area contributed by atoms with E-state index in [-0.39, 0.29) is 10.7 Å². The lowest BCUT2D eigenvalue weighted by molar-refractivity contribution is 0.0215. The Hall–Kier alpha value is -2.56. The number of nitrogens with zero attached hydrogens (tertiary/aromatic N) is 5. The lowest BCUT2D eigenvalue weighted by atomic mass is 9.98. The fraction of sp³-hybridized carbons (Fsp3) is 0.421. The first kappa shape index (κ1) is 19.7. The van der Waals surface area contributed by atoms with Gasteiger partial charge < -0.3 is 10.8 Å². The minimum absolute atomic E-state index is 0.172. The maximum Gasteiger partial charge on any atom is 0.243 e. The fourth-order valence-electron chi connectivity index (χ4n) is 3.92. The molecule has 0 spiro atoms. The van der Waals surface area contributed by atoms with Crippen LogP contribution in [0.2, 0.25) is 0 Å². The maximum atomic E-state index is 13.4. The van der Waals surface area contributed by atoms with Gasteiger partial charge in [0, 0.05) is 12.1 Å². The predicted octanol–water partition coefficient (Wildman–Crippen LogP) is 1.61. The van der Waals surface area contributed by atoms with Crippen molar-refractivity contribution < 1.29 is 13.5 Å². The summed E-state index contributed by atoms with van der Waals surface area (Å²) in [5.74, 6) is 0.248. The molecular formula is C19H24N6O3S. The molecule has 1 fully saturated rings. The SMILES string of the molecule is Cc1ccc(S(=O)(=O)N2CCC[C@H]2C(C)(C)O)cc1-c1cnc2c(N)ncnn12. The van der Waals surface area contributed by atoms with E-state index in [1.165, 1.54) is 10.6 Å². The minimum Gasteiger partial charge on any atom is -0.389 e. The van der Waals surface area contributed by atoms with Crippen molar-refractivity contribution in [3.05, 3.63) is 36.3 Å². The summed E-state index contributed by atoms with van der Waals surface area (Å²) < 4.78 is 29.7. The van der Waals surface area contributed by atoms with Gasteiger partial charge in [0.1, 0.15) is 6.33 Å². The van der Waals surface area contributed by atoms with E-state index in [9.17, 15) is 13.5 Å². The second-order valence-electron chi connectivity index (χ2n) is 7.93.